The zero-order chi connectivity index (χ0) is 15.8. The predicted octanol–water partition coefficient (Wildman–Crippen LogP) is 1.41. The van der Waals surface area contributed by atoms with Gasteiger partial charge in [-0.3, -0.25) is 14.4 Å². The van der Waals surface area contributed by atoms with E-state index in [2.05, 4.69) is 15.9 Å². The van der Waals surface area contributed by atoms with Crippen LogP contribution in [0.2, 0.25) is 0 Å². The molecule has 1 heterocycles. The van der Waals surface area contributed by atoms with E-state index in [-0.39, 0.29) is 31.2 Å². The summed E-state index contributed by atoms with van der Waals surface area (Å²) in [5.74, 6) is -0.731. The summed E-state index contributed by atoms with van der Waals surface area (Å²) in [4.78, 5) is 36.9. The second kappa shape index (κ2) is 8.61. The fourth-order valence-electron chi connectivity index (χ4n) is 1.80. The van der Waals surface area contributed by atoms with Crippen molar-refractivity contribution in [2.24, 2.45) is 0 Å². The van der Waals surface area contributed by atoms with Crippen LogP contribution in [0.15, 0.2) is 27.6 Å². The van der Waals surface area contributed by atoms with Crippen LogP contribution in [0.1, 0.15) is 20.3 Å². The molecule has 1 aromatic rings. The molecule has 0 radical (unpaired) electrons. The van der Waals surface area contributed by atoms with E-state index in [9.17, 15) is 14.4 Å². The van der Waals surface area contributed by atoms with Gasteiger partial charge in [0.05, 0.1) is 6.61 Å². The normalized spacial score (nSPS) is 10.2. The molecule has 0 saturated carbocycles. The van der Waals surface area contributed by atoms with Gasteiger partial charge in [-0.25, -0.2) is 0 Å². The molecular formula is C14H19BrN2O4. The zero-order valence-electron chi connectivity index (χ0n) is 12.2. The first kappa shape index (κ1) is 17.4. The minimum Gasteiger partial charge on any atom is -0.465 e. The van der Waals surface area contributed by atoms with Gasteiger partial charge in [-0.15, -0.1) is 0 Å². The van der Waals surface area contributed by atoms with Crippen molar-refractivity contribution in [3.8, 4) is 0 Å². The highest BCUT2D eigenvalue weighted by molar-refractivity contribution is 9.10. The molecule has 116 valence electrons. The van der Waals surface area contributed by atoms with Crippen molar-refractivity contribution >= 4 is 27.8 Å². The van der Waals surface area contributed by atoms with Crippen molar-refractivity contribution in [3.63, 3.8) is 0 Å². The van der Waals surface area contributed by atoms with Crippen LogP contribution in [-0.4, -0.2) is 41.0 Å². The topological polar surface area (TPSA) is 68.6 Å². The molecule has 0 aliphatic heterocycles. The predicted molar refractivity (Wildman–Crippen MR) is 81.9 cm³/mol. The molecule has 7 heteroatoms. The summed E-state index contributed by atoms with van der Waals surface area (Å²) in [6.45, 7) is 4.15. The molecule has 0 unspecified atom stereocenters. The van der Waals surface area contributed by atoms with Crippen molar-refractivity contribution in [2.45, 2.75) is 26.8 Å². The Morgan fingerprint density at radius 1 is 1.33 bits per heavy atom. The molecule has 0 saturated heterocycles. The number of nitrogens with zero attached hydrogens (tertiary/aromatic N) is 2. The Bertz CT molecular complexity index is 556. The zero-order valence-corrected chi connectivity index (χ0v) is 13.8. The van der Waals surface area contributed by atoms with Crippen LogP contribution < -0.4 is 5.56 Å². The minimum atomic E-state index is -0.444. The van der Waals surface area contributed by atoms with E-state index in [1.54, 1.807) is 19.2 Å². The molecule has 1 aromatic heterocycles. The molecular weight excluding hydrogens is 340 g/mol. The largest absolute Gasteiger partial charge is 0.465 e. The summed E-state index contributed by atoms with van der Waals surface area (Å²) in [6, 6.07) is 3.00. The van der Waals surface area contributed by atoms with E-state index in [0.717, 1.165) is 6.42 Å². The second-order valence-electron chi connectivity index (χ2n) is 4.43. The Balaban J connectivity index is 2.79. The number of halogens is 1. The molecule has 21 heavy (non-hydrogen) atoms. The van der Waals surface area contributed by atoms with Gasteiger partial charge < -0.3 is 14.2 Å². The average molecular weight is 359 g/mol. The lowest BCUT2D eigenvalue weighted by molar-refractivity contribution is -0.149. The maximum absolute atomic E-state index is 12.2. The van der Waals surface area contributed by atoms with Gasteiger partial charge in [0.1, 0.15) is 13.1 Å². The molecule has 0 aromatic carbocycles. The third-order valence-electron chi connectivity index (χ3n) is 2.72. The fourth-order valence-corrected chi connectivity index (χ4v) is 2.18. The SMILES string of the molecule is CCCN(CC(=O)OCC)C(=O)Cn1cc(Br)ccc1=O. The van der Waals surface area contributed by atoms with E-state index in [0.29, 0.717) is 11.0 Å². The summed E-state index contributed by atoms with van der Waals surface area (Å²) in [5.41, 5.74) is -0.265. The van der Waals surface area contributed by atoms with Gasteiger partial charge in [-0.2, -0.15) is 0 Å². The number of hydrogen-bond acceptors (Lipinski definition) is 4. The van der Waals surface area contributed by atoms with Gasteiger partial charge >= 0.3 is 5.97 Å². The Labute approximate surface area is 131 Å². The van der Waals surface area contributed by atoms with Gasteiger partial charge in [-0.1, -0.05) is 6.92 Å². The average Bonchev–Trinajstić information content (AvgIpc) is 2.42. The molecule has 1 amide bonds. The Kier molecular flexibility index (Phi) is 7.14. The van der Waals surface area contributed by atoms with Gasteiger partial charge in [0.2, 0.25) is 5.91 Å². The number of carbonyl (C=O) groups is 2. The molecule has 0 bridgehead atoms. The summed E-state index contributed by atoms with van der Waals surface area (Å²) < 4.78 is 6.87. The minimum absolute atomic E-state index is 0.0940. The van der Waals surface area contributed by atoms with Crippen LogP contribution in [-0.2, 0) is 20.9 Å². The van der Waals surface area contributed by atoms with Crippen molar-refractivity contribution < 1.29 is 14.3 Å². The van der Waals surface area contributed by atoms with E-state index < -0.39 is 5.97 Å². The maximum Gasteiger partial charge on any atom is 0.325 e. The lowest BCUT2D eigenvalue weighted by atomic mass is 10.3. The lowest BCUT2D eigenvalue weighted by Gasteiger charge is -2.21. The maximum atomic E-state index is 12.2. The van der Waals surface area contributed by atoms with E-state index in [1.807, 2.05) is 6.92 Å². The van der Waals surface area contributed by atoms with Gasteiger partial charge in [-0.05, 0) is 35.3 Å². The number of hydrogen-bond donors (Lipinski definition) is 0. The second-order valence-corrected chi connectivity index (χ2v) is 5.35. The van der Waals surface area contributed by atoms with Crippen LogP contribution in [0.5, 0.6) is 0 Å². The number of amides is 1. The molecule has 1 rings (SSSR count). The summed E-state index contributed by atoms with van der Waals surface area (Å²) in [5, 5.41) is 0. The Morgan fingerprint density at radius 3 is 2.67 bits per heavy atom. The number of rotatable bonds is 7. The first-order chi connectivity index (χ1) is 9.97. The number of aromatic nitrogens is 1. The van der Waals surface area contributed by atoms with Crippen LogP contribution in [0.4, 0.5) is 0 Å². The van der Waals surface area contributed by atoms with Crippen molar-refractivity contribution in [2.75, 3.05) is 19.7 Å². The smallest absolute Gasteiger partial charge is 0.325 e. The van der Waals surface area contributed by atoms with Crippen molar-refractivity contribution in [3.05, 3.63) is 33.2 Å². The van der Waals surface area contributed by atoms with E-state index in [4.69, 9.17) is 4.74 Å². The van der Waals surface area contributed by atoms with E-state index >= 15 is 0 Å². The monoisotopic (exact) mass is 358 g/mol. The standard InChI is InChI=1S/C14H19BrN2O4/c1-3-7-16(10-14(20)21-4-2)13(19)9-17-8-11(15)5-6-12(17)18/h5-6,8H,3-4,7,9-10H2,1-2H3. The highest BCUT2D eigenvalue weighted by atomic mass is 79.9. The molecule has 0 N–H and O–H groups in total. The van der Waals surface area contributed by atoms with Crippen molar-refractivity contribution in [1.82, 2.24) is 9.47 Å². The van der Waals surface area contributed by atoms with Crippen LogP contribution >= 0.6 is 15.9 Å². The molecule has 0 aliphatic carbocycles. The highest BCUT2D eigenvalue weighted by Gasteiger charge is 2.17. The van der Waals surface area contributed by atoms with Gasteiger partial charge in [0.25, 0.3) is 5.56 Å². The number of ether oxygens (including phenoxy) is 1. The van der Waals surface area contributed by atoms with E-state index in [1.165, 1.54) is 15.5 Å². The quantitative estimate of drug-likeness (QED) is 0.691. The van der Waals surface area contributed by atoms with Gasteiger partial charge in [0, 0.05) is 23.3 Å². The number of pyridine rings is 1. The number of esters is 1. The first-order valence-electron chi connectivity index (χ1n) is 6.77. The molecule has 0 aliphatic rings. The fraction of sp³-hybridized carbons (Fsp3) is 0.500. The lowest BCUT2D eigenvalue weighted by Crippen LogP contribution is -2.40. The molecule has 0 fully saturated rings. The van der Waals surface area contributed by atoms with Crippen LogP contribution in [0.3, 0.4) is 0 Å². The van der Waals surface area contributed by atoms with Crippen LogP contribution in [0, 0.1) is 0 Å². The number of carbonyl (C=O) groups excluding carboxylic acids is 2. The summed E-state index contributed by atoms with van der Waals surface area (Å²) in [6.07, 6.45) is 2.27. The summed E-state index contributed by atoms with van der Waals surface area (Å²) in [7, 11) is 0. The molecule has 0 atom stereocenters. The third kappa shape index (κ3) is 5.71. The van der Waals surface area contributed by atoms with Gasteiger partial charge in [0.15, 0.2) is 0 Å². The highest BCUT2D eigenvalue weighted by Crippen LogP contribution is 2.05. The third-order valence-corrected chi connectivity index (χ3v) is 3.19. The summed E-state index contributed by atoms with van der Waals surface area (Å²) >= 11 is 3.26. The first-order valence-corrected chi connectivity index (χ1v) is 7.56. The van der Waals surface area contributed by atoms with Crippen molar-refractivity contribution in [1.29, 1.82) is 0 Å². The Morgan fingerprint density at radius 2 is 2.05 bits per heavy atom. The van der Waals surface area contributed by atoms with Crippen LogP contribution in [0.25, 0.3) is 0 Å². The molecule has 0 spiro atoms. The Hall–Kier alpha value is -1.63. The molecule has 6 nitrogen and oxygen atoms in total.